The summed E-state index contributed by atoms with van der Waals surface area (Å²) >= 11 is 0. The SMILES string of the molecule is O=C1CCC(N2Cc3ccc(CNC4(C(=O)N5CCNCC5)CCCC4)cc3C2=O)C(=O)N1. The third kappa shape index (κ3) is 4.15. The van der Waals surface area contributed by atoms with Crippen LogP contribution in [0, 0.1) is 0 Å². The first-order valence-corrected chi connectivity index (χ1v) is 12.0. The molecule has 1 aliphatic carbocycles. The molecule has 5 rings (SSSR count). The summed E-state index contributed by atoms with van der Waals surface area (Å²) in [6.45, 7) is 4.03. The Bertz CT molecular complexity index is 981. The van der Waals surface area contributed by atoms with Crippen molar-refractivity contribution < 1.29 is 19.2 Å². The van der Waals surface area contributed by atoms with Gasteiger partial charge in [0.1, 0.15) is 6.04 Å². The van der Waals surface area contributed by atoms with Crippen LogP contribution in [-0.4, -0.2) is 71.2 Å². The van der Waals surface area contributed by atoms with Crippen molar-refractivity contribution in [1.82, 2.24) is 25.8 Å². The summed E-state index contributed by atoms with van der Waals surface area (Å²) in [4.78, 5) is 53.7. The molecule has 9 nitrogen and oxygen atoms in total. The fourth-order valence-electron chi connectivity index (χ4n) is 5.60. The molecule has 4 amide bonds. The fourth-order valence-corrected chi connectivity index (χ4v) is 5.60. The van der Waals surface area contributed by atoms with Crippen molar-refractivity contribution in [2.24, 2.45) is 0 Å². The minimum atomic E-state index is -0.609. The van der Waals surface area contributed by atoms with E-state index in [2.05, 4.69) is 16.0 Å². The quantitative estimate of drug-likeness (QED) is 0.553. The van der Waals surface area contributed by atoms with Crippen LogP contribution < -0.4 is 16.0 Å². The first kappa shape index (κ1) is 22.0. The molecule has 176 valence electrons. The highest BCUT2D eigenvalue weighted by molar-refractivity contribution is 6.05. The van der Waals surface area contributed by atoms with Crippen LogP contribution in [0.2, 0.25) is 0 Å². The molecule has 0 radical (unpaired) electrons. The van der Waals surface area contributed by atoms with E-state index in [9.17, 15) is 19.2 Å². The molecule has 1 aromatic carbocycles. The number of amides is 4. The van der Waals surface area contributed by atoms with E-state index in [-0.39, 0.29) is 24.1 Å². The van der Waals surface area contributed by atoms with E-state index >= 15 is 0 Å². The lowest BCUT2D eigenvalue weighted by molar-refractivity contribution is -0.139. The number of hydrogen-bond donors (Lipinski definition) is 3. The maximum absolute atomic E-state index is 13.4. The molecule has 1 saturated carbocycles. The van der Waals surface area contributed by atoms with Crippen LogP contribution in [0.3, 0.4) is 0 Å². The number of fused-ring (bicyclic) bond motifs is 1. The molecule has 3 N–H and O–H groups in total. The van der Waals surface area contributed by atoms with Gasteiger partial charge in [0, 0.05) is 51.3 Å². The van der Waals surface area contributed by atoms with Crippen LogP contribution >= 0.6 is 0 Å². The van der Waals surface area contributed by atoms with E-state index < -0.39 is 17.5 Å². The highest BCUT2D eigenvalue weighted by atomic mass is 16.2. The molecular weight excluding hydrogens is 422 g/mol. The molecule has 0 bridgehead atoms. The van der Waals surface area contributed by atoms with Gasteiger partial charge in [0.2, 0.25) is 17.7 Å². The topological polar surface area (TPSA) is 111 Å². The normalized spacial score (nSPS) is 24.7. The molecule has 4 aliphatic rings. The van der Waals surface area contributed by atoms with Gasteiger partial charge in [-0.2, -0.15) is 0 Å². The van der Waals surface area contributed by atoms with Gasteiger partial charge >= 0.3 is 0 Å². The Morgan fingerprint density at radius 2 is 1.88 bits per heavy atom. The van der Waals surface area contributed by atoms with Crippen LogP contribution in [-0.2, 0) is 27.5 Å². The standard InChI is InChI=1S/C24H31N5O4/c30-20-6-5-19(21(31)27-20)29-15-17-4-3-16(13-18(17)22(29)32)14-26-24(7-1-2-8-24)23(33)28-11-9-25-10-12-28/h3-4,13,19,25-26H,1-2,5-12,14-15H2,(H,27,30,31). The second kappa shape index (κ2) is 8.87. The average Bonchev–Trinajstić information content (AvgIpc) is 3.44. The molecule has 3 heterocycles. The number of hydrogen-bond acceptors (Lipinski definition) is 6. The summed E-state index contributed by atoms with van der Waals surface area (Å²) in [5.74, 6) is -0.662. The Balaban J connectivity index is 1.28. The lowest BCUT2D eigenvalue weighted by Crippen LogP contribution is -2.59. The smallest absolute Gasteiger partial charge is 0.255 e. The minimum Gasteiger partial charge on any atom is -0.339 e. The summed E-state index contributed by atoms with van der Waals surface area (Å²) < 4.78 is 0. The number of nitrogens with one attached hydrogen (secondary N) is 3. The Hall–Kier alpha value is -2.78. The molecule has 1 aromatic rings. The van der Waals surface area contributed by atoms with Crippen molar-refractivity contribution in [3.63, 3.8) is 0 Å². The predicted octanol–water partition coefficient (Wildman–Crippen LogP) is 0.282. The van der Waals surface area contributed by atoms with Gasteiger partial charge < -0.3 is 15.1 Å². The number of carbonyl (C=O) groups is 4. The van der Waals surface area contributed by atoms with Crippen molar-refractivity contribution in [3.8, 4) is 0 Å². The Morgan fingerprint density at radius 1 is 1.12 bits per heavy atom. The van der Waals surface area contributed by atoms with Crippen molar-refractivity contribution in [1.29, 1.82) is 0 Å². The lowest BCUT2D eigenvalue weighted by atomic mass is 9.94. The second-order valence-corrected chi connectivity index (χ2v) is 9.58. The highest BCUT2D eigenvalue weighted by Gasteiger charge is 2.43. The van der Waals surface area contributed by atoms with Crippen LogP contribution in [0.15, 0.2) is 18.2 Å². The van der Waals surface area contributed by atoms with Gasteiger partial charge in [0.15, 0.2) is 0 Å². The van der Waals surface area contributed by atoms with Crippen LogP contribution in [0.4, 0.5) is 0 Å². The zero-order valence-electron chi connectivity index (χ0n) is 18.8. The third-order valence-electron chi connectivity index (χ3n) is 7.49. The van der Waals surface area contributed by atoms with Gasteiger partial charge in [-0.3, -0.25) is 29.8 Å². The number of nitrogens with zero attached hydrogens (tertiary/aromatic N) is 2. The van der Waals surface area contributed by atoms with Crippen molar-refractivity contribution in [2.45, 2.75) is 63.2 Å². The number of piperazine rings is 1. The molecule has 0 spiro atoms. The van der Waals surface area contributed by atoms with Gasteiger partial charge in [0.05, 0.1) is 5.54 Å². The highest BCUT2D eigenvalue weighted by Crippen LogP contribution is 2.33. The summed E-state index contributed by atoms with van der Waals surface area (Å²) in [6, 6.07) is 5.21. The monoisotopic (exact) mass is 453 g/mol. The van der Waals surface area contributed by atoms with Crippen LogP contribution in [0.25, 0.3) is 0 Å². The van der Waals surface area contributed by atoms with Gasteiger partial charge in [-0.05, 0) is 36.5 Å². The van der Waals surface area contributed by atoms with Gasteiger partial charge in [-0.1, -0.05) is 25.0 Å². The Labute approximate surface area is 193 Å². The minimum absolute atomic E-state index is 0.172. The summed E-state index contributed by atoms with van der Waals surface area (Å²) in [7, 11) is 0. The van der Waals surface area contributed by atoms with Gasteiger partial charge in [-0.25, -0.2) is 0 Å². The molecule has 1 unspecified atom stereocenters. The largest absolute Gasteiger partial charge is 0.339 e. The van der Waals surface area contributed by atoms with Gasteiger partial charge in [-0.15, -0.1) is 0 Å². The first-order valence-electron chi connectivity index (χ1n) is 12.0. The number of rotatable bonds is 5. The third-order valence-corrected chi connectivity index (χ3v) is 7.49. The maximum atomic E-state index is 13.4. The molecule has 9 heteroatoms. The number of benzene rings is 1. The molecule has 3 aliphatic heterocycles. The molecule has 1 atom stereocenters. The zero-order chi connectivity index (χ0) is 23.0. The number of carbonyl (C=O) groups excluding carboxylic acids is 4. The van der Waals surface area contributed by atoms with E-state index in [1.54, 1.807) is 4.90 Å². The van der Waals surface area contributed by atoms with E-state index in [0.29, 0.717) is 25.1 Å². The molecule has 3 fully saturated rings. The Morgan fingerprint density at radius 3 is 2.61 bits per heavy atom. The van der Waals surface area contributed by atoms with Crippen molar-refractivity contribution in [2.75, 3.05) is 26.2 Å². The van der Waals surface area contributed by atoms with E-state index in [1.165, 1.54) is 0 Å². The predicted molar refractivity (Wildman–Crippen MR) is 120 cm³/mol. The first-order chi connectivity index (χ1) is 16.0. The maximum Gasteiger partial charge on any atom is 0.255 e. The molecular formula is C24H31N5O4. The van der Waals surface area contributed by atoms with Gasteiger partial charge in [0.25, 0.3) is 5.91 Å². The second-order valence-electron chi connectivity index (χ2n) is 9.58. The van der Waals surface area contributed by atoms with E-state index in [0.717, 1.165) is 63.0 Å². The van der Waals surface area contributed by atoms with E-state index in [1.807, 2.05) is 23.1 Å². The average molecular weight is 454 g/mol. The van der Waals surface area contributed by atoms with Crippen molar-refractivity contribution in [3.05, 3.63) is 34.9 Å². The molecule has 0 aromatic heterocycles. The summed E-state index contributed by atoms with van der Waals surface area (Å²) in [5.41, 5.74) is 1.92. The van der Waals surface area contributed by atoms with E-state index in [4.69, 9.17) is 0 Å². The van der Waals surface area contributed by atoms with Crippen molar-refractivity contribution >= 4 is 23.6 Å². The summed E-state index contributed by atoms with van der Waals surface area (Å²) in [5, 5.41) is 9.20. The molecule has 33 heavy (non-hydrogen) atoms. The number of piperidine rings is 1. The Kier molecular flexibility index (Phi) is 5.92. The fraction of sp³-hybridized carbons (Fsp3) is 0.583. The molecule has 2 saturated heterocycles. The number of imide groups is 1. The summed E-state index contributed by atoms with van der Waals surface area (Å²) in [6.07, 6.45) is 4.35. The van der Waals surface area contributed by atoms with Crippen LogP contribution in [0.5, 0.6) is 0 Å². The lowest BCUT2D eigenvalue weighted by Gasteiger charge is -2.37. The van der Waals surface area contributed by atoms with Crippen LogP contribution in [0.1, 0.15) is 60.0 Å². The zero-order valence-corrected chi connectivity index (χ0v) is 18.8.